The fourth-order valence-corrected chi connectivity index (χ4v) is 3.10. The van der Waals surface area contributed by atoms with E-state index in [-0.39, 0.29) is 12.3 Å². The Hall–Kier alpha value is -2.37. The number of nitrogens with one attached hydrogen (secondary N) is 1. The van der Waals surface area contributed by atoms with Crippen LogP contribution in [-0.2, 0) is 4.79 Å². The molecule has 0 unspecified atom stereocenters. The van der Waals surface area contributed by atoms with Crippen LogP contribution in [0, 0.1) is 0 Å². The Morgan fingerprint density at radius 1 is 1.33 bits per heavy atom. The van der Waals surface area contributed by atoms with Crippen molar-refractivity contribution in [3.05, 3.63) is 36.2 Å². The van der Waals surface area contributed by atoms with Crippen molar-refractivity contribution in [2.45, 2.75) is 37.6 Å². The summed E-state index contributed by atoms with van der Waals surface area (Å²) in [4.78, 5) is 23.6. The summed E-state index contributed by atoms with van der Waals surface area (Å²) in [6, 6.07) is 5.50. The molecular weight excluding hydrogens is 270 g/mol. The Labute approximate surface area is 121 Å². The molecule has 2 aromatic heterocycles. The largest absolute Gasteiger partial charge is 0.481 e. The van der Waals surface area contributed by atoms with E-state index in [1.165, 1.54) is 6.20 Å². The lowest BCUT2D eigenvalue weighted by Crippen LogP contribution is -2.47. The van der Waals surface area contributed by atoms with Crippen LogP contribution < -0.4 is 5.32 Å². The summed E-state index contributed by atoms with van der Waals surface area (Å²) in [6.45, 7) is 0. The van der Waals surface area contributed by atoms with Gasteiger partial charge in [0.1, 0.15) is 0 Å². The minimum Gasteiger partial charge on any atom is -0.481 e. The molecule has 0 atom stereocenters. The van der Waals surface area contributed by atoms with Gasteiger partial charge >= 0.3 is 5.97 Å². The molecule has 1 fully saturated rings. The highest BCUT2D eigenvalue weighted by molar-refractivity contribution is 6.01. The molecule has 0 radical (unpaired) electrons. The van der Waals surface area contributed by atoms with Gasteiger partial charge in [-0.3, -0.25) is 9.59 Å². The fraction of sp³-hybridized carbons (Fsp3) is 0.400. The Balaban J connectivity index is 1.86. The number of amides is 1. The van der Waals surface area contributed by atoms with Crippen molar-refractivity contribution in [2.75, 3.05) is 0 Å². The summed E-state index contributed by atoms with van der Waals surface area (Å²) in [5, 5.41) is 16.2. The molecular formula is C15H17N3O3. The number of hydrogen-bond donors (Lipinski definition) is 2. The molecule has 0 saturated heterocycles. The molecule has 0 spiro atoms. The third-order valence-corrected chi connectivity index (χ3v) is 4.10. The van der Waals surface area contributed by atoms with Crippen molar-refractivity contribution >= 4 is 17.4 Å². The standard InChI is InChI=1S/C15H17N3O3/c19-13(20)9-15(6-2-3-7-15)17-14(21)11-10-16-18-8-4-1-5-12(11)18/h1,4-5,8,10H,2-3,6-7,9H2,(H,17,21)(H,19,20). The molecule has 1 aliphatic carbocycles. The predicted molar refractivity (Wildman–Crippen MR) is 76.1 cm³/mol. The van der Waals surface area contributed by atoms with Crippen molar-refractivity contribution in [1.82, 2.24) is 14.9 Å². The van der Waals surface area contributed by atoms with Gasteiger partial charge in [-0.15, -0.1) is 0 Å². The van der Waals surface area contributed by atoms with Crippen LogP contribution in [0.3, 0.4) is 0 Å². The minimum absolute atomic E-state index is 0.0298. The van der Waals surface area contributed by atoms with Gasteiger partial charge < -0.3 is 10.4 Å². The maximum atomic E-state index is 12.5. The minimum atomic E-state index is -0.878. The first-order valence-electron chi connectivity index (χ1n) is 7.06. The highest BCUT2D eigenvalue weighted by Gasteiger charge is 2.38. The number of fused-ring (bicyclic) bond motifs is 1. The van der Waals surface area contributed by atoms with E-state index in [1.807, 2.05) is 18.2 Å². The second-order valence-corrected chi connectivity index (χ2v) is 5.60. The Morgan fingerprint density at radius 2 is 2.10 bits per heavy atom. The summed E-state index contributed by atoms with van der Waals surface area (Å²) in [6.07, 6.45) is 6.58. The third kappa shape index (κ3) is 2.61. The number of rotatable bonds is 4. The molecule has 6 nitrogen and oxygen atoms in total. The zero-order chi connectivity index (χ0) is 14.9. The van der Waals surface area contributed by atoms with Crippen LogP contribution in [0.1, 0.15) is 42.5 Å². The smallest absolute Gasteiger partial charge is 0.305 e. The van der Waals surface area contributed by atoms with Crippen molar-refractivity contribution in [3.8, 4) is 0 Å². The van der Waals surface area contributed by atoms with Crippen LogP contribution in [0.25, 0.3) is 5.52 Å². The van der Waals surface area contributed by atoms with Crippen molar-refractivity contribution in [2.24, 2.45) is 0 Å². The number of carboxylic acids is 1. The molecule has 0 aromatic carbocycles. The number of carbonyl (C=O) groups excluding carboxylic acids is 1. The number of carboxylic acid groups (broad SMARTS) is 1. The fourth-order valence-electron chi connectivity index (χ4n) is 3.10. The van der Waals surface area contributed by atoms with Crippen LogP contribution in [0.4, 0.5) is 0 Å². The summed E-state index contributed by atoms with van der Waals surface area (Å²) in [7, 11) is 0. The zero-order valence-corrected chi connectivity index (χ0v) is 11.6. The average Bonchev–Trinajstić information content (AvgIpc) is 3.04. The molecule has 2 N–H and O–H groups in total. The average molecular weight is 287 g/mol. The Morgan fingerprint density at radius 3 is 2.81 bits per heavy atom. The summed E-state index contributed by atoms with van der Waals surface area (Å²) < 4.78 is 1.63. The molecule has 1 aliphatic rings. The van der Waals surface area contributed by atoms with E-state index in [9.17, 15) is 9.59 Å². The predicted octanol–water partition coefficient (Wildman–Crippen LogP) is 1.85. The molecule has 2 aromatic rings. The first-order chi connectivity index (χ1) is 10.1. The van der Waals surface area contributed by atoms with E-state index in [0.29, 0.717) is 18.4 Å². The molecule has 110 valence electrons. The van der Waals surface area contributed by atoms with Crippen LogP contribution in [0.2, 0.25) is 0 Å². The highest BCUT2D eigenvalue weighted by Crippen LogP contribution is 2.33. The molecule has 1 saturated carbocycles. The summed E-state index contributed by atoms with van der Waals surface area (Å²) in [5.74, 6) is -1.13. The molecule has 21 heavy (non-hydrogen) atoms. The molecule has 1 amide bonds. The van der Waals surface area contributed by atoms with Gasteiger partial charge in [0.25, 0.3) is 5.91 Å². The van der Waals surface area contributed by atoms with Crippen molar-refractivity contribution in [3.63, 3.8) is 0 Å². The SMILES string of the molecule is O=C(O)CC1(NC(=O)c2cnn3ccccc23)CCCC1. The molecule has 6 heteroatoms. The normalized spacial score (nSPS) is 17.0. The van der Waals surface area contributed by atoms with Gasteiger partial charge in [0, 0.05) is 6.20 Å². The van der Waals surface area contributed by atoms with Crippen LogP contribution in [-0.4, -0.2) is 32.1 Å². The Kier molecular flexibility index (Phi) is 3.37. The van der Waals surface area contributed by atoms with E-state index < -0.39 is 11.5 Å². The highest BCUT2D eigenvalue weighted by atomic mass is 16.4. The number of hydrogen-bond acceptors (Lipinski definition) is 3. The van der Waals surface area contributed by atoms with Crippen molar-refractivity contribution < 1.29 is 14.7 Å². The number of aromatic nitrogens is 2. The number of pyridine rings is 1. The molecule has 3 rings (SSSR count). The number of aliphatic carboxylic acids is 1. The van der Waals surface area contributed by atoms with Gasteiger partial charge in [-0.2, -0.15) is 5.10 Å². The first kappa shape index (κ1) is 13.6. The van der Waals surface area contributed by atoms with Gasteiger partial charge in [0.05, 0.1) is 29.2 Å². The lowest BCUT2D eigenvalue weighted by molar-refractivity contribution is -0.138. The molecule has 0 bridgehead atoms. The number of nitrogens with zero attached hydrogens (tertiary/aromatic N) is 2. The monoisotopic (exact) mass is 287 g/mol. The maximum absolute atomic E-state index is 12.5. The van der Waals surface area contributed by atoms with Crippen LogP contribution in [0.5, 0.6) is 0 Å². The maximum Gasteiger partial charge on any atom is 0.305 e. The third-order valence-electron chi connectivity index (χ3n) is 4.10. The van der Waals surface area contributed by atoms with Gasteiger partial charge in [0.15, 0.2) is 0 Å². The first-order valence-corrected chi connectivity index (χ1v) is 7.06. The van der Waals surface area contributed by atoms with E-state index in [2.05, 4.69) is 10.4 Å². The topological polar surface area (TPSA) is 83.7 Å². The van der Waals surface area contributed by atoms with Gasteiger partial charge in [0.2, 0.25) is 0 Å². The van der Waals surface area contributed by atoms with E-state index >= 15 is 0 Å². The summed E-state index contributed by atoms with van der Waals surface area (Å²) in [5.41, 5.74) is 0.581. The lowest BCUT2D eigenvalue weighted by Gasteiger charge is -2.28. The van der Waals surface area contributed by atoms with Crippen molar-refractivity contribution in [1.29, 1.82) is 0 Å². The summed E-state index contributed by atoms with van der Waals surface area (Å²) >= 11 is 0. The Bertz CT molecular complexity index is 686. The van der Waals surface area contributed by atoms with E-state index in [0.717, 1.165) is 18.4 Å². The quantitative estimate of drug-likeness (QED) is 0.899. The van der Waals surface area contributed by atoms with Gasteiger partial charge in [-0.25, -0.2) is 4.52 Å². The second kappa shape index (κ2) is 5.20. The van der Waals surface area contributed by atoms with Gasteiger partial charge in [-0.1, -0.05) is 18.9 Å². The molecule has 0 aliphatic heterocycles. The second-order valence-electron chi connectivity index (χ2n) is 5.60. The zero-order valence-electron chi connectivity index (χ0n) is 11.6. The lowest BCUT2D eigenvalue weighted by atomic mass is 9.93. The molecule has 2 heterocycles. The van der Waals surface area contributed by atoms with E-state index in [1.54, 1.807) is 10.7 Å². The number of carbonyl (C=O) groups is 2. The van der Waals surface area contributed by atoms with E-state index in [4.69, 9.17) is 5.11 Å². The van der Waals surface area contributed by atoms with Crippen LogP contribution in [0.15, 0.2) is 30.6 Å². The van der Waals surface area contributed by atoms with Gasteiger partial charge in [-0.05, 0) is 25.0 Å². The van der Waals surface area contributed by atoms with Crippen LogP contribution >= 0.6 is 0 Å².